The van der Waals surface area contributed by atoms with Crippen molar-refractivity contribution in [1.82, 2.24) is 0 Å². The van der Waals surface area contributed by atoms with Crippen molar-refractivity contribution in [3.05, 3.63) is 142 Å². The number of imide groups is 1. The molecule has 0 bridgehead atoms. The molecule has 1 saturated heterocycles. The lowest BCUT2D eigenvalue weighted by Gasteiger charge is -2.55. The predicted octanol–water partition coefficient (Wildman–Crippen LogP) is 6.59. The maximum Gasteiger partial charge on any atom is 0.339 e. The molecule has 8 rings (SSSR count). The van der Waals surface area contributed by atoms with Gasteiger partial charge < -0.3 is 15.3 Å². The van der Waals surface area contributed by atoms with E-state index in [-0.39, 0.29) is 47.0 Å². The zero-order valence-electron chi connectivity index (χ0n) is 26.9. The van der Waals surface area contributed by atoms with Crippen molar-refractivity contribution in [2.45, 2.75) is 24.2 Å². The average molecular weight is 745 g/mol. The molecule has 4 aliphatic rings. The van der Waals surface area contributed by atoms with Crippen molar-refractivity contribution in [1.29, 1.82) is 0 Å². The predicted molar refractivity (Wildman–Crippen MR) is 190 cm³/mol. The molecule has 51 heavy (non-hydrogen) atoms. The van der Waals surface area contributed by atoms with Gasteiger partial charge in [-0.15, -0.1) is 0 Å². The van der Waals surface area contributed by atoms with Crippen LogP contribution in [0.1, 0.15) is 45.8 Å². The van der Waals surface area contributed by atoms with Crippen molar-refractivity contribution in [3.63, 3.8) is 0 Å². The molecule has 6 atom stereocenters. The Morgan fingerprint density at radius 2 is 1.51 bits per heavy atom. The van der Waals surface area contributed by atoms with Crippen LogP contribution in [0.4, 0.5) is 5.69 Å². The Hall–Kier alpha value is -5.61. The van der Waals surface area contributed by atoms with Gasteiger partial charge in [-0.25, -0.2) is 9.69 Å². The molecular weight excluding hydrogens is 714 g/mol. The van der Waals surface area contributed by atoms with Gasteiger partial charge in [0.2, 0.25) is 11.8 Å². The van der Waals surface area contributed by atoms with E-state index in [1.165, 1.54) is 18.2 Å². The van der Waals surface area contributed by atoms with Crippen LogP contribution in [0.5, 0.6) is 11.5 Å². The number of ketones is 2. The van der Waals surface area contributed by atoms with Crippen LogP contribution >= 0.6 is 15.9 Å². The molecule has 10 heteroatoms. The molecule has 4 aromatic carbocycles. The fourth-order valence-corrected chi connectivity index (χ4v) is 9.45. The van der Waals surface area contributed by atoms with E-state index in [2.05, 4.69) is 15.9 Å². The third kappa shape index (κ3) is 4.76. The van der Waals surface area contributed by atoms with E-state index in [4.69, 9.17) is 0 Å². The lowest BCUT2D eigenvalue weighted by molar-refractivity contribution is -0.135. The summed E-state index contributed by atoms with van der Waals surface area (Å²) in [6.45, 7) is 0. The number of allylic oxidation sites excluding steroid dienone is 4. The highest BCUT2D eigenvalue weighted by Crippen LogP contribution is 2.64. The molecule has 2 amide bonds. The fraction of sp³-hybridized carbons (Fsp3) is 0.195. The minimum absolute atomic E-state index is 0.0392. The van der Waals surface area contributed by atoms with E-state index in [0.717, 1.165) is 17.0 Å². The second-order valence-electron chi connectivity index (χ2n) is 13.5. The van der Waals surface area contributed by atoms with Crippen molar-refractivity contribution < 1.29 is 39.3 Å². The van der Waals surface area contributed by atoms with Crippen molar-refractivity contribution in [3.8, 4) is 11.5 Å². The Balaban J connectivity index is 1.34. The van der Waals surface area contributed by atoms with Gasteiger partial charge in [-0.05, 0) is 66.3 Å². The van der Waals surface area contributed by atoms with Crippen molar-refractivity contribution in [2.24, 2.45) is 23.7 Å². The number of aromatic carboxylic acids is 1. The minimum atomic E-state index is -1.49. The zero-order valence-corrected chi connectivity index (χ0v) is 28.5. The first-order chi connectivity index (χ1) is 24.5. The Morgan fingerprint density at radius 3 is 2.20 bits per heavy atom. The smallest absolute Gasteiger partial charge is 0.339 e. The lowest BCUT2D eigenvalue weighted by Crippen LogP contribution is -2.58. The van der Waals surface area contributed by atoms with Crippen LogP contribution in [0.25, 0.3) is 5.57 Å². The number of aromatic hydroxyl groups is 2. The number of carboxylic acids is 1. The SMILES string of the molecule is O=C(O)c1ccc(N2C(=O)[C@H]3[C@H](CC=C4[C@H]3C[C@H]3C(=O)C(c5ccccc5)=CC(=O)[C@@]3(c3ccccc3)[C@H]4c3cc(Br)ccc3O)C2=O)cc1O. The first kappa shape index (κ1) is 32.6. The van der Waals surface area contributed by atoms with Gasteiger partial charge in [0.05, 0.1) is 22.9 Å². The van der Waals surface area contributed by atoms with E-state index in [9.17, 15) is 34.5 Å². The Labute approximate surface area is 300 Å². The number of carbonyl (C=O) groups is 5. The summed E-state index contributed by atoms with van der Waals surface area (Å²) in [6.07, 6.45) is 3.56. The highest BCUT2D eigenvalue weighted by molar-refractivity contribution is 9.10. The molecule has 1 aliphatic heterocycles. The Morgan fingerprint density at radius 1 is 0.804 bits per heavy atom. The molecule has 3 N–H and O–H groups in total. The van der Waals surface area contributed by atoms with Crippen LogP contribution in [0.15, 0.2) is 119 Å². The number of phenolic OH excluding ortho intramolecular Hbond substituents is 1. The number of halogens is 1. The molecule has 254 valence electrons. The van der Waals surface area contributed by atoms with E-state index in [1.807, 2.05) is 42.5 Å². The number of carbonyl (C=O) groups excluding carboxylic acids is 4. The quantitative estimate of drug-likeness (QED) is 0.153. The van der Waals surface area contributed by atoms with E-state index in [0.29, 0.717) is 26.7 Å². The summed E-state index contributed by atoms with van der Waals surface area (Å²) < 4.78 is 0.643. The Kier molecular flexibility index (Phi) is 7.68. The summed E-state index contributed by atoms with van der Waals surface area (Å²) in [5.74, 6) is -7.89. The molecule has 1 saturated carbocycles. The van der Waals surface area contributed by atoms with Gasteiger partial charge in [0.1, 0.15) is 17.1 Å². The molecule has 2 fully saturated rings. The molecule has 0 aromatic heterocycles. The van der Waals surface area contributed by atoms with Gasteiger partial charge in [-0.1, -0.05) is 88.2 Å². The number of fused-ring (bicyclic) bond motifs is 4. The highest BCUT2D eigenvalue weighted by atomic mass is 79.9. The van der Waals surface area contributed by atoms with Crippen LogP contribution in [-0.4, -0.2) is 44.7 Å². The summed E-state index contributed by atoms with van der Waals surface area (Å²) in [5.41, 5.74) is 0.729. The van der Waals surface area contributed by atoms with Gasteiger partial charge in [0.25, 0.3) is 0 Å². The van der Waals surface area contributed by atoms with E-state index < -0.39 is 58.5 Å². The summed E-state index contributed by atoms with van der Waals surface area (Å²) in [5, 5.41) is 31.4. The zero-order chi connectivity index (χ0) is 35.8. The van der Waals surface area contributed by atoms with Crippen LogP contribution in [0.3, 0.4) is 0 Å². The number of amides is 2. The fourth-order valence-electron chi connectivity index (χ4n) is 9.07. The number of Topliss-reactive ketones (excluding diaryl/α,β-unsaturated/α-hetero) is 1. The topological polar surface area (TPSA) is 149 Å². The maximum atomic E-state index is 15.1. The Bertz CT molecular complexity index is 2250. The first-order valence-corrected chi connectivity index (χ1v) is 17.4. The molecule has 0 radical (unpaired) electrons. The molecule has 9 nitrogen and oxygen atoms in total. The van der Waals surface area contributed by atoms with E-state index in [1.54, 1.807) is 36.4 Å². The molecule has 0 unspecified atom stereocenters. The summed E-state index contributed by atoms with van der Waals surface area (Å²) in [7, 11) is 0. The number of rotatable bonds is 5. The molecule has 4 aromatic rings. The highest BCUT2D eigenvalue weighted by Gasteiger charge is 2.66. The standard InChI is InChI=1S/C41H30BrNO8/c42-23-11-16-32(44)30(17-23)36-25-14-15-27-35(39(49)43(38(27)48)24-12-13-26(40(50)51)33(45)18-24)29(25)19-31-37(47)28(21-7-3-1-4-8-21)20-34(46)41(31,36)22-9-5-2-6-10-22/h1-14,16-18,20,27,29,31,35-36,44-45H,15,19H2,(H,50,51)/t27-,29+,31-,35-,36+,41-/m0/s1. The van der Waals surface area contributed by atoms with Gasteiger partial charge in [-0.3, -0.25) is 19.2 Å². The number of nitrogens with zero attached hydrogens (tertiary/aromatic N) is 1. The summed E-state index contributed by atoms with van der Waals surface area (Å²) in [6, 6.07) is 26.6. The van der Waals surface area contributed by atoms with Gasteiger partial charge in [0.15, 0.2) is 11.6 Å². The average Bonchev–Trinajstić information content (AvgIpc) is 3.39. The molecule has 3 aliphatic carbocycles. The number of phenols is 2. The van der Waals surface area contributed by atoms with Gasteiger partial charge in [0, 0.05) is 33.5 Å². The largest absolute Gasteiger partial charge is 0.508 e. The van der Waals surface area contributed by atoms with Crippen LogP contribution in [-0.2, 0) is 24.6 Å². The lowest BCUT2D eigenvalue weighted by atomic mass is 9.44. The third-order valence-electron chi connectivity index (χ3n) is 11.1. The van der Waals surface area contributed by atoms with Gasteiger partial charge in [-0.2, -0.15) is 0 Å². The number of hydrogen-bond acceptors (Lipinski definition) is 7. The first-order valence-electron chi connectivity index (χ1n) is 16.6. The number of benzene rings is 4. The van der Waals surface area contributed by atoms with Crippen LogP contribution in [0, 0.1) is 23.7 Å². The number of carboxylic acid groups (broad SMARTS) is 1. The number of hydrogen-bond donors (Lipinski definition) is 3. The molecular formula is C41H30BrNO8. The van der Waals surface area contributed by atoms with Gasteiger partial charge >= 0.3 is 5.97 Å². The van der Waals surface area contributed by atoms with Crippen LogP contribution < -0.4 is 4.90 Å². The van der Waals surface area contributed by atoms with Crippen molar-refractivity contribution in [2.75, 3.05) is 4.90 Å². The second-order valence-corrected chi connectivity index (χ2v) is 14.4. The normalized spacial score (nSPS) is 26.9. The minimum Gasteiger partial charge on any atom is -0.508 e. The monoisotopic (exact) mass is 743 g/mol. The van der Waals surface area contributed by atoms with E-state index >= 15 is 4.79 Å². The second kappa shape index (κ2) is 12.0. The summed E-state index contributed by atoms with van der Waals surface area (Å²) >= 11 is 3.54. The third-order valence-corrected chi connectivity index (χ3v) is 11.6. The molecule has 0 spiro atoms. The summed E-state index contributed by atoms with van der Waals surface area (Å²) in [4.78, 5) is 71.1. The maximum absolute atomic E-state index is 15.1. The van der Waals surface area contributed by atoms with Crippen LogP contribution in [0.2, 0.25) is 0 Å². The number of anilines is 1. The molecule has 1 heterocycles. The van der Waals surface area contributed by atoms with Crippen molar-refractivity contribution >= 4 is 56.5 Å².